The summed E-state index contributed by atoms with van der Waals surface area (Å²) in [6.07, 6.45) is 1.61. The van der Waals surface area contributed by atoms with Gasteiger partial charge in [0.2, 0.25) is 0 Å². The Bertz CT molecular complexity index is 561. The minimum atomic E-state index is -0.267. The maximum atomic E-state index is 11.5. The third-order valence-electron chi connectivity index (χ3n) is 2.01. The molecule has 0 radical (unpaired) electrons. The van der Waals surface area contributed by atoms with Gasteiger partial charge in [0.1, 0.15) is 5.69 Å². The normalized spacial score (nSPS) is 10.5. The van der Waals surface area contributed by atoms with Crippen molar-refractivity contribution in [2.75, 3.05) is 5.73 Å². The van der Waals surface area contributed by atoms with E-state index in [1.807, 2.05) is 12.1 Å². The average molecular weight is 286 g/mol. The van der Waals surface area contributed by atoms with Gasteiger partial charge in [0, 0.05) is 17.5 Å². The first-order valence-electron chi connectivity index (χ1n) is 4.17. The molecule has 6 heteroatoms. The van der Waals surface area contributed by atoms with Crippen molar-refractivity contribution < 1.29 is 0 Å². The zero-order valence-corrected chi connectivity index (χ0v) is 10.3. The number of nitrogens with zero attached hydrogens (tertiary/aromatic N) is 2. The second-order valence-electron chi connectivity index (χ2n) is 3.00. The number of thiophene rings is 1. The van der Waals surface area contributed by atoms with Crippen LogP contribution in [-0.2, 0) is 7.05 Å². The van der Waals surface area contributed by atoms with Crippen LogP contribution < -0.4 is 11.3 Å². The number of hydrogen-bond acceptors (Lipinski definition) is 4. The minimum Gasteiger partial charge on any atom is -0.394 e. The molecule has 0 unspecified atom stereocenters. The predicted molar refractivity (Wildman–Crippen MR) is 64.9 cm³/mol. The molecule has 0 fully saturated rings. The topological polar surface area (TPSA) is 60.9 Å². The maximum Gasteiger partial charge on any atom is 0.290 e. The van der Waals surface area contributed by atoms with Crippen LogP contribution in [0.25, 0.3) is 10.4 Å². The Hall–Kier alpha value is -1.14. The number of aromatic nitrogens is 2. The quantitative estimate of drug-likeness (QED) is 0.870. The minimum absolute atomic E-state index is 0.238. The number of nitrogens with two attached hydrogens (primary N) is 1. The molecule has 2 rings (SSSR count). The van der Waals surface area contributed by atoms with E-state index in [-0.39, 0.29) is 11.2 Å². The molecule has 0 saturated heterocycles. The van der Waals surface area contributed by atoms with Crippen LogP contribution in [0.2, 0.25) is 0 Å². The van der Waals surface area contributed by atoms with Crippen molar-refractivity contribution in [3.05, 3.63) is 32.5 Å². The highest BCUT2D eigenvalue weighted by Crippen LogP contribution is 2.32. The van der Waals surface area contributed by atoms with Crippen LogP contribution in [0.3, 0.4) is 0 Å². The van der Waals surface area contributed by atoms with Crippen LogP contribution in [0, 0.1) is 0 Å². The van der Waals surface area contributed by atoms with Crippen molar-refractivity contribution in [2.45, 2.75) is 0 Å². The Morgan fingerprint density at radius 1 is 1.53 bits per heavy atom. The highest BCUT2D eigenvalue weighted by molar-refractivity contribution is 9.11. The van der Waals surface area contributed by atoms with Crippen LogP contribution >= 0.6 is 27.3 Å². The van der Waals surface area contributed by atoms with Gasteiger partial charge in [-0.25, -0.2) is 4.68 Å². The summed E-state index contributed by atoms with van der Waals surface area (Å²) >= 11 is 4.88. The van der Waals surface area contributed by atoms with Crippen molar-refractivity contribution in [2.24, 2.45) is 7.05 Å². The largest absolute Gasteiger partial charge is 0.394 e. The van der Waals surface area contributed by atoms with Gasteiger partial charge in [0.15, 0.2) is 0 Å². The van der Waals surface area contributed by atoms with E-state index in [4.69, 9.17) is 5.73 Å². The number of anilines is 1. The van der Waals surface area contributed by atoms with Gasteiger partial charge in [0.25, 0.3) is 5.56 Å². The number of halogens is 1. The summed E-state index contributed by atoms with van der Waals surface area (Å²) in [5.74, 6) is 0. The van der Waals surface area contributed by atoms with Gasteiger partial charge in [-0.05, 0) is 28.1 Å². The maximum absolute atomic E-state index is 11.5. The molecule has 2 aromatic rings. The molecule has 2 N–H and O–H groups in total. The van der Waals surface area contributed by atoms with Gasteiger partial charge in [-0.2, -0.15) is 5.10 Å². The molecule has 0 saturated carbocycles. The Labute approximate surface area is 98.5 Å². The van der Waals surface area contributed by atoms with Crippen LogP contribution in [0.5, 0.6) is 0 Å². The Kier molecular flexibility index (Phi) is 2.62. The predicted octanol–water partition coefficient (Wildman–Crippen LogP) is 1.85. The zero-order valence-electron chi connectivity index (χ0n) is 7.90. The Balaban J connectivity index is 2.64. The number of aryl methyl sites for hydroxylation is 1. The van der Waals surface area contributed by atoms with E-state index < -0.39 is 0 Å². The molecule has 0 atom stereocenters. The van der Waals surface area contributed by atoms with E-state index >= 15 is 0 Å². The van der Waals surface area contributed by atoms with Crippen molar-refractivity contribution in [3.63, 3.8) is 0 Å². The lowest BCUT2D eigenvalue weighted by Crippen LogP contribution is -2.22. The van der Waals surface area contributed by atoms with E-state index in [0.717, 1.165) is 8.66 Å². The zero-order chi connectivity index (χ0) is 11.0. The third-order valence-corrected chi connectivity index (χ3v) is 3.67. The summed E-state index contributed by atoms with van der Waals surface area (Å²) in [6, 6.07) is 3.82. The highest BCUT2D eigenvalue weighted by atomic mass is 79.9. The SMILES string of the molecule is Cn1ncc(-c2ccc(Br)s2)c(N)c1=O. The van der Waals surface area contributed by atoms with Gasteiger partial charge in [0.05, 0.1) is 9.98 Å². The van der Waals surface area contributed by atoms with Crippen LogP contribution in [0.15, 0.2) is 26.9 Å². The fraction of sp³-hybridized carbons (Fsp3) is 0.111. The van der Waals surface area contributed by atoms with Crippen molar-refractivity contribution in [3.8, 4) is 10.4 Å². The summed E-state index contributed by atoms with van der Waals surface area (Å²) in [4.78, 5) is 12.5. The lowest BCUT2D eigenvalue weighted by atomic mass is 10.2. The van der Waals surface area contributed by atoms with Crippen molar-refractivity contribution in [1.29, 1.82) is 0 Å². The number of hydrogen-bond donors (Lipinski definition) is 1. The van der Waals surface area contributed by atoms with Crippen LogP contribution in [0.1, 0.15) is 0 Å². The first kappa shape index (κ1) is 10.4. The fourth-order valence-electron chi connectivity index (χ4n) is 1.21. The van der Waals surface area contributed by atoms with E-state index in [1.54, 1.807) is 13.2 Å². The van der Waals surface area contributed by atoms with E-state index in [9.17, 15) is 4.79 Å². The summed E-state index contributed by atoms with van der Waals surface area (Å²) in [6.45, 7) is 0. The molecule has 2 heterocycles. The van der Waals surface area contributed by atoms with Gasteiger partial charge < -0.3 is 5.73 Å². The summed E-state index contributed by atoms with van der Waals surface area (Å²) < 4.78 is 2.22. The van der Waals surface area contributed by atoms with Crippen LogP contribution in [0.4, 0.5) is 5.69 Å². The smallest absolute Gasteiger partial charge is 0.290 e. The molecule has 0 aliphatic rings. The molecule has 0 aliphatic heterocycles. The van der Waals surface area contributed by atoms with E-state index in [0.29, 0.717) is 5.56 Å². The summed E-state index contributed by atoms with van der Waals surface area (Å²) in [5.41, 5.74) is 6.40. The molecule has 78 valence electrons. The fourth-order valence-corrected chi connectivity index (χ4v) is 2.62. The van der Waals surface area contributed by atoms with Gasteiger partial charge in [-0.15, -0.1) is 11.3 Å². The lowest BCUT2D eigenvalue weighted by Gasteiger charge is -2.03. The van der Waals surface area contributed by atoms with Gasteiger partial charge in [-0.3, -0.25) is 4.79 Å². The molecule has 0 amide bonds. The van der Waals surface area contributed by atoms with Crippen LogP contribution in [-0.4, -0.2) is 9.78 Å². The van der Waals surface area contributed by atoms with Gasteiger partial charge in [-0.1, -0.05) is 0 Å². The molecule has 0 spiro atoms. The standard InChI is InChI=1S/C9H8BrN3OS/c1-13-9(14)8(11)5(4-12-13)6-2-3-7(10)15-6/h2-4H,11H2,1H3. The first-order chi connectivity index (χ1) is 7.09. The molecule has 0 bridgehead atoms. The Morgan fingerprint density at radius 3 is 2.87 bits per heavy atom. The molecular formula is C9H8BrN3OS. The second-order valence-corrected chi connectivity index (χ2v) is 5.47. The Morgan fingerprint density at radius 2 is 2.27 bits per heavy atom. The monoisotopic (exact) mass is 285 g/mol. The number of rotatable bonds is 1. The highest BCUT2D eigenvalue weighted by Gasteiger charge is 2.09. The molecule has 0 aromatic carbocycles. The van der Waals surface area contributed by atoms with Crippen molar-refractivity contribution in [1.82, 2.24) is 9.78 Å². The first-order valence-corrected chi connectivity index (χ1v) is 5.78. The van der Waals surface area contributed by atoms with E-state index in [1.165, 1.54) is 16.0 Å². The second kappa shape index (κ2) is 3.79. The summed E-state index contributed by atoms with van der Waals surface area (Å²) in [7, 11) is 1.58. The number of nitrogen functional groups attached to an aromatic ring is 1. The third kappa shape index (κ3) is 1.82. The molecule has 4 nitrogen and oxygen atoms in total. The van der Waals surface area contributed by atoms with Gasteiger partial charge >= 0.3 is 0 Å². The van der Waals surface area contributed by atoms with Crippen molar-refractivity contribution >= 4 is 33.0 Å². The lowest BCUT2D eigenvalue weighted by molar-refractivity contribution is 0.712. The molecule has 2 aromatic heterocycles. The summed E-state index contributed by atoms with van der Waals surface area (Å²) in [5, 5.41) is 3.94. The molecule has 15 heavy (non-hydrogen) atoms. The molecule has 0 aliphatic carbocycles. The van der Waals surface area contributed by atoms with E-state index in [2.05, 4.69) is 21.0 Å². The molecular weight excluding hydrogens is 278 g/mol. The average Bonchev–Trinajstić information content (AvgIpc) is 2.61.